The monoisotopic (exact) mass is 215 g/mol. The Morgan fingerprint density at radius 2 is 2.14 bits per heavy atom. The quantitative estimate of drug-likeness (QED) is 0.345. The Labute approximate surface area is 81.9 Å². The van der Waals surface area contributed by atoms with Crippen LogP contribution in [0.5, 0.6) is 0 Å². The fraction of sp³-hybridized carbons (Fsp3) is 0. The molecule has 0 saturated heterocycles. The molecule has 1 aromatic rings. The number of aliphatic carboxylic acids is 1. The van der Waals surface area contributed by atoms with E-state index in [2.05, 4.69) is 0 Å². The summed E-state index contributed by atoms with van der Waals surface area (Å²) < 4.78 is 0. The van der Waals surface area contributed by atoms with E-state index in [1.165, 1.54) is 12.1 Å². The zero-order valence-corrected chi connectivity index (χ0v) is 7.52. The van der Waals surface area contributed by atoms with E-state index >= 15 is 0 Å². The van der Waals surface area contributed by atoms with Crippen molar-refractivity contribution in [1.82, 2.24) is 0 Å². The molecule has 74 valence electrons. The Hall–Kier alpha value is -1.89. The molecule has 0 amide bonds. The number of hydrogen-bond donors (Lipinski definition) is 2. The molecule has 0 radical (unpaired) electrons. The number of carboxylic acid groups (broad SMARTS) is 1. The van der Waals surface area contributed by atoms with E-state index in [4.69, 9.17) is 10.2 Å². The molecule has 2 N–H and O–H groups in total. The summed E-state index contributed by atoms with van der Waals surface area (Å²) in [4.78, 5) is 20.2. The summed E-state index contributed by atoms with van der Waals surface area (Å²) in [5, 5.41) is 27.3. The molecule has 0 aromatic carbocycles. The fourth-order valence-electron chi connectivity index (χ4n) is 0.714. The summed E-state index contributed by atoms with van der Waals surface area (Å²) in [6, 6.07) is 2.60. The molecule has 0 unspecified atom stereocenters. The minimum Gasteiger partial charge on any atom is -0.502 e. The van der Waals surface area contributed by atoms with Crippen molar-refractivity contribution >= 4 is 28.4 Å². The lowest BCUT2D eigenvalue weighted by atomic mass is 10.4. The molecule has 0 saturated carbocycles. The van der Waals surface area contributed by atoms with Gasteiger partial charge in [-0.15, -0.1) is 0 Å². The first-order valence-electron chi connectivity index (χ1n) is 3.39. The van der Waals surface area contributed by atoms with Gasteiger partial charge >= 0.3 is 11.0 Å². The molecule has 7 heteroatoms. The molecular weight excluding hydrogens is 210 g/mol. The van der Waals surface area contributed by atoms with Crippen LogP contribution in [0.1, 0.15) is 4.88 Å². The van der Waals surface area contributed by atoms with Gasteiger partial charge in [0.05, 0.1) is 4.92 Å². The third kappa shape index (κ3) is 2.30. The molecule has 0 aliphatic rings. The van der Waals surface area contributed by atoms with E-state index in [0.717, 1.165) is 17.4 Å². The number of carbonyl (C=O) groups is 1. The molecule has 1 heterocycles. The molecule has 0 fully saturated rings. The zero-order chi connectivity index (χ0) is 10.7. The summed E-state index contributed by atoms with van der Waals surface area (Å²) in [6.07, 6.45) is 0.958. The fourth-order valence-corrected chi connectivity index (χ4v) is 1.47. The number of thiophene rings is 1. The van der Waals surface area contributed by atoms with Gasteiger partial charge in [-0.05, 0) is 6.07 Å². The maximum absolute atomic E-state index is 10.3. The highest BCUT2D eigenvalue weighted by Crippen LogP contribution is 2.25. The smallest absolute Gasteiger partial charge is 0.370 e. The molecule has 0 aliphatic heterocycles. The minimum absolute atomic E-state index is 0.102. The van der Waals surface area contributed by atoms with Gasteiger partial charge in [0, 0.05) is 17.0 Å². The van der Waals surface area contributed by atoms with Gasteiger partial charge in [0.1, 0.15) is 0 Å². The van der Waals surface area contributed by atoms with E-state index in [9.17, 15) is 14.9 Å². The number of carboxylic acids is 1. The van der Waals surface area contributed by atoms with Gasteiger partial charge in [0.25, 0.3) is 0 Å². The van der Waals surface area contributed by atoms with Crippen LogP contribution in [0.3, 0.4) is 0 Å². The van der Waals surface area contributed by atoms with Gasteiger partial charge in [-0.1, -0.05) is 11.3 Å². The number of aliphatic hydroxyl groups excluding tert-OH is 1. The Morgan fingerprint density at radius 3 is 2.57 bits per heavy atom. The minimum atomic E-state index is -1.47. The van der Waals surface area contributed by atoms with Gasteiger partial charge in [-0.3, -0.25) is 10.1 Å². The highest BCUT2D eigenvalue weighted by molar-refractivity contribution is 7.16. The van der Waals surface area contributed by atoms with E-state index in [0.29, 0.717) is 4.88 Å². The molecule has 0 atom stereocenters. The van der Waals surface area contributed by atoms with Crippen LogP contribution in [0.4, 0.5) is 5.00 Å². The second-order valence-electron chi connectivity index (χ2n) is 2.27. The molecule has 1 rings (SSSR count). The molecule has 1 aromatic heterocycles. The molecule has 0 spiro atoms. The van der Waals surface area contributed by atoms with Crippen molar-refractivity contribution in [1.29, 1.82) is 0 Å². The normalized spacial score (nSPS) is 11.3. The number of aliphatic hydroxyl groups is 1. The van der Waals surface area contributed by atoms with Crippen LogP contribution < -0.4 is 0 Å². The lowest BCUT2D eigenvalue weighted by Crippen LogP contribution is -1.97. The van der Waals surface area contributed by atoms with Crippen molar-refractivity contribution in [3.05, 3.63) is 32.9 Å². The van der Waals surface area contributed by atoms with Crippen molar-refractivity contribution in [2.75, 3.05) is 0 Å². The first kappa shape index (κ1) is 10.2. The van der Waals surface area contributed by atoms with Crippen molar-refractivity contribution in [3.8, 4) is 0 Å². The van der Waals surface area contributed by atoms with Crippen molar-refractivity contribution in [2.45, 2.75) is 0 Å². The van der Waals surface area contributed by atoms with Crippen LogP contribution in [-0.2, 0) is 4.79 Å². The summed E-state index contributed by atoms with van der Waals surface area (Å²) in [5.41, 5.74) is 0. The van der Waals surface area contributed by atoms with E-state index < -0.39 is 16.7 Å². The average molecular weight is 215 g/mol. The number of hydrogen-bond acceptors (Lipinski definition) is 5. The van der Waals surface area contributed by atoms with Gasteiger partial charge in [0.2, 0.25) is 5.76 Å². The van der Waals surface area contributed by atoms with Crippen LogP contribution >= 0.6 is 11.3 Å². The van der Waals surface area contributed by atoms with Gasteiger partial charge in [0.15, 0.2) is 0 Å². The SMILES string of the molecule is O=C(O)/C(O)=C/c1ccc([N+](=O)[O-])s1. The number of nitro groups is 1. The lowest BCUT2D eigenvalue weighted by molar-refractivity contribution is -0.380. The van der Waals surface area contributed by atoms with Crippen LogP contribution in [0.15, 0.2) is 17.9 Å². The van der Waals surface area contributed by atoms with Crippen LogP contribution in [0.25, 0.3) is 6.08 Å². The van der Waals surface area contributed by atoms with Crippen LogP contribution in [-0.4, -0.2) is 21.1 Å². The molecule has 0 aliphatic carbocycles. The topological polar surface area (TPSA) is 101 Å². The summed E-state index contributed by atoms with van der Waals surface area (Å²) in [5.74, 6) is -2.32. The van der Waals surface area contributed by atoms with Gasteiger partial charge in [-0.2, -0.15) is 0 Å². The highest BCUT2D eigenvalue weighted by atomic mass is 32.1. The van der Waals surface area contributed by atoms with Crippen molar-refractivity contribution in [3.63, 3.8) is 0 Å². The standard InChI is InChI=1S/C7H5NO5S/c9-5(7(10)11)3-4-1-2-6(14-4)8(12)13/h1-3,9H,(H,10,11)/b5-3-. The van der Waals surface area contributed by atoms with Crippen LogP contribution in [0.2, 0.25) is 0 Å². The van der Waals surface area contributed by atoms with Crippen LogP contribution in [0, 0.1) is 10.1 Å². The maximum atomic E-state index is 10.3. The lowest BCUT2D eigenvalue weighted by Gasteiger charge is -1.88. The zero-order valence-electron chi connectivity index (χ0n) is 6.71. The molecule has 0 bridgehead atoms. The largest absolute Gasteiger partial charge is 0.502 e. The van der Waals surface area contributed by atoms with Crippen molar-refractivity contribution < 1.29 is 19.9 Å². The molecular formula is C7H5NO5S. The molecule has 6 nitrogen and oxygen atoms in total. The van der Waals surface area contributed by atoms with E-state index in [-0.39, 0.29) is 5.00 Å². The molecule has 14 heavy (non-hydrogen) atoms. The third-order valence-corrected chi connectivity index (χ3v) is 2.27. The first-order valence-corrected chi connectivity index (χ1v) is 4.20. The van der Waals surface area contributed by atoms with E-state index in [1.54, 1.807) is 0 Å². The summed E-state index contributed by atoms with van der Waals surface area (Å²) >= 11 is 0.788. The Morgan fingerprint density at radius 1 is 1.50 bits per heavy atom. The second kappa shape index (κ2) is 3.88. The summed E-state index contributed by atoms with van der Waals surface area (Å²) in [7, 11) is 0. The Bertz CT molecular complexity index is 408. The predicted octanol–water partition coefficient (Wildman–Crippen LogP) is 1.64. The van der Waals surface area contributed by atoms with E-state index in [1.807, 2.05) is 0 Å². The van der Waals surface area contributed by atoms with Gasteiger partial charge < -0.3 is 10.2 Å². The number of nitrogens with zero attached hydrogens (tertiary/aromatic N) is 1. The second-order valence-corrected chi connectivity index (χ2v) is 3.36. The average Bonchev–Trinajstić information content (AvgIpc) is 2.52. The first-order chi connectivity index (χ1) is 6.50. The van der Waals surface area contributed by atoms with Crippen molar-refractivity contribution in [2.24, 2.45) is 0 Å². The summed E-state index contributed by atoms with van der Waals surface area (Å²) in [6.45, 7) is 0. The predicted molar refractivity (Wildman–Crippen MR) is 49.2 cm³/mol. The highest BCUT2D eigenvalue weighted by Gasteiger charge is 2.10. The maximum Gasteiger partial charge on any atom is 0.370 e. The third-order valence-electron chi connectivity index (χ3n) is 1.29. The Balaban J connectivity index is 2.93. The van der Waals surface area contributed by atoms with Gasteiger partial charge in [-0.25, -0.2) is 4.79 Å². The number of rotatable bonds is 3. The Kier molecular flexibility index (Phi) is 2.82.